The van der Waals surface area contributed by atoms with Gasteiger partial charge >= 0.3 is 0 Å². The Morgan fingerprint density at radius 2 is 1.38 bits per heavy atom. The smallest absolute Gasteiger partial charge is 0.167 e. The van der Waals surface area contributed by atoms with Crippen LogP contribution in [0.4, 0.5) is 0 Å². The Morgan fingerprint density at radius 1 is 0.794 bits per heavy atom. The molecule has 1 unspecified atom stereocenters. The molecule has 0 fully saturated rings. The first kappa shape index (κ1) is 23.5. The molecule has 6 heteroatoms. The second-order valence-electron chi connectivity index (χ2n) is 8.18. The number of aromatic hydroxyl groups is 1. The number of ether oxygens (including phenoxy) is 1. The van der Waals surface area contributed by atoms with E-state index in [4.69, 9.17) is 4.74 Å². The largest absolute Gasteiger partial charge is 0.507 e. The number of hydrogen-bond acceptors (Lipinski definition) is 6. The van der Waals surface area contributed by atoms with Crippen molar-refractivity contribution in [2.24, 2.45) is 0 Å². The predicted octanol–water partition coefficient (Wildman–Crippen LogP) is 5.30. The maximum atomic E-state index is 10.8. The SMILES string of the molecule is CCCCOCC(O)Cc1ccc(-c2nc(-c3ccccc3)nc(-c3ccccc3)n2)c(O)c1. The molecule has 0 aliphatic heterocycles. The summed E-state index contributed by atoms with van der Waals surface area (Å²) in [6.45, 7) is 3.02. The average molecular weight is 456 g/mol. The van der Waals surface area contributed by atoms with Crippen molar-refractivity contribution in [2.75, 3.05) is 13.2 Å². The van der Waals surface area contributed by atoms with Crippen LogP contribution in [0.15, 0.2) is 78.9 Å². The van der Waals surface area contributed by atoms with E-state index < -0.39 is 6.10 Å². The standard InChI is InChI=1S/C28H29N3O3/c1-2-3-16-34-19-23(32)17-20-14-15-24(25(33)18-20)28-30-26(21-10-6-4-7-11-21)29-27(31-28)22-12-8-5-9-13-22/h4-15,18,23,32-33H,2-3,16-17,19H2,1H3. The minimum absolute atomic E-state index is 0.0563. The van der Waals surface area contributed by atoms with Crippen LogP contribution in [0.1, 0.15) is 25.3 Å². The van der Waals surface area contributed by atoms with E-state index in [2.05, 4.69) is 21.9 Å². The summed E-state index contributed by atoms with van der Waals surface area (Å²) in [7, 11) is 0. The topological polar surface area (TPSA) is 88.4 Å². The maximum absolute atomic E-state index is 10.8. The lowest BCUT2D eigenvalue weighted by Crippen LogP contribution is -2.18. The lowest BCUT2D eigenvalue weighted by atomic mass is 10.0. The van der Waals surface area contributed by atoms with E-state index in [1.165, 1.54) is 0 Å². The van der Waals surface area contributed by atoms with Crippen LogP contribution in [0.3, 0.4) is 0 Å². The highest BCUT2D eigenvalue weighted by Gasteiger charge is 2.16. The molecule has 1 heterocycles. The third kappa shape index (κ3) is 6.04. The molecule has 2 N–H and O–H groups in total. The normalized spacial score (nSPS) is 11.9. The first-order valence-electron chi connectivity index (χ1n) is 11.6. The van der Waals surface area contributed by atoms with Crippen molar-refractivity contribution in [1.82, 2.24) is 15.0 Å². The van der Waals surface area contributed by atoms with E-state index in [-0.39, 0.29) is 12.4 Å². The number of nitrogens with zero attached hydrogens (tertiary/aromatic N) is 3. The number of hydrogen-bond donors (Lipinski definition) is 2. The summed E-state index contributed by atoms with van der Waals surface area (Å²) < 4.78 is 5.50. The minimum atomic E-state index is -0.631. The molecule has 0 saturated carbocycles. The van der Waals surface area contributed by atoms with Crippen LogP contribution in [0.25, 0.3) is 34.2 Å². The monoisotopic (exact) mass is 455 g/mol. The van der Waals surface area contributed by atoms with Crippen molar-refractivity contribution in [2.45, 2.75) is 32.3 Å². The average Bonchev–Trinajstić information content (AvgIpc) is 2.87. The Labute approximate surface area is 200 Å². The molecule has 3 aromatic carbocycles. The number of aliphatic hydroxyl groups excluding tert-OH is 1. The van der Waals surface area contributed by atoms with Gasteiger partial charge in [0, 0.05) is 24.2 Å². The summed E-state index contributed by atoms with van der Waals surface area (Å²) in [4.78, 5) is 14.0. The Hall–Kier alpha value is -3.61. The van der Waals surface area contributed by atoms with Crippen molar-refractivity contribution in [3.8, 4) is 39.9 Å². The highest BCUT2D eigenvalue weighted by molar-refractivity contribution is 5.70. The van der Waals surface area contributed by atoms with Gasteiger partial charge in [0.15, 0.2) is 17.5 Å². The fourth-order valence-electron chi connectivity index (χ4n) is 3.62. The van der Waals surface area contributed by atoms with E-state index >= 15 is 0 Å². The van der Waals surface area contributed by atoms with E-state index in [9.17, 15) is 10.2 Å². The molecule has 0 spiro atoms. The molecular weight excluding hydrogens is 426 g/mol. The number of phenolic OH excluding ortho intramolecular Hbond substituents is 1. The van der Waals surface area contributed by atoms with Gasteiger partial charge in [0.1, 0.15) is 5.75 Å². The van der Waals surface area contributed by atoms with Crippen LogP contribution in [0, 0.1) is 0 Å². The van der Waals surface area contributed by atoms with Crippen LogP contribution >= 0.6 is 0 Å². The molecule has 6 nitrogen and oxygen atoms in total. The molecule has 0 aliphatic rings. The number of aliphatic hydroxyl groups is 1. The van der Waals surface area contributed by atoms with E-state index in [1.54, 1.807) is 12.1 Å². The fraction of sp³-hybridized carbons (Fsp3) is 0.250. The maximum Gasteiger partial charge on any atom is 0.167 e. The molecule has 1 aromatic heterocycles. The Kier molecular flexibility index (Phi) is 7.96. The van der Waals surface area contributed by atoms with Gasteiger partial charge in [-0.15, -0.1) is 0 Å². The van der Waals surface area contributed by atoms with Crippen LogP contribution < -0.4 is 0 Å². The molecule has 0 saturated heterocycles. The lowest BCUT2D eigenvalue weighted by Gasteiger charge is -2.13. The summed E-state index contributed by atoms with van der Waals surface area (Å²) in [5.41, 5.74) is 3.05. The zero-order valence-corrected chi connectivity index (χ0v) is 19.3. The second kappa shape index (κ2) is 11.5. The van der Waals surface area contributed by atoms with Crippen molar-refractivity contribution < 1.29 is 14.9 Å². The molecular formula is C28H29N3O3. The molecule has 1 atom stereocenters. The number of rotatable bonds is 10. The van der Waals surface area contributed by atoms with Gasteiger partial charge in [-0.25, -0.2) is 15.0 Å². The summed E-state index contributed by atoms with van der Waals surface area (Å²) >= 11 is 0. The molecule has 0 amide bonds. The zero-order chi connectivity index (χ0) is 23.8. The van der Waals surface area contributed by atoms with E-state index in [0.717, 1.165) is 29.5 Å². The van der Waals surface area contributed by atoms with Crippen LogP contribution in [0.5, 0.6) is 5.75 Å². The van der Waals surface area contributed by atoms with Crippen molar-refractivity contribution in [1.29, 1.82) is 0 Å². The molecule has 0 radical (unpaired) electrons. The Balaban J connectivity index is 1.63. The van der Waals surface area contributed by atoms with E-state index in [1.807, 2.05) is 66.7 Å². The number of phenols is 1. The third-order valence-corrected chi connectivity index (χ3v) is 5.43. The quantitative estimate of drug-likeness (QED) is 0.316. The molecule has 34 heavy (non-hydrogen) atoms. The van der Waals surface area contributed by atoms with Gasteiger partial charge in [-0.05, 0) is 24.1 Å². The predicted molar refractivity (Wildman–Crippen MR) is 133 cm³/mol. The second-order valence-corrected chi connectivity index (χ2v) is 8.18. The van der Waals surface area contributed by atoms with Crippen LogP contribution in [0.2, 0.25) is 0 Å². The minimum Gasteiger partial charge on any atom is -0.507 e. The van der Waals surface area contributed by atoms with Crippen LogP contribution in [-0.2, 0) is 11.2 Å². The van der Waals surface area contributed by atoms with E-state index in [0.29, 0.717) is 36.1 Å². The number of unbranched alkanes of at least 4 members (excludes halogenated alkanes) is 1. The van der Waals surface area contributed by atoms with Crippen molar-refractivity contribution >= 4 is 0 Å². The lowest BCUT2D eigenvalue weighted by molar-refractivity contribution is 0.0360. The van der Waals surface area contributed by atoms with Gasteiger partial charge in [0.2, 0.25) is 0 Å². The van der Waals surface area contributed by atoms with Gasteiger partial charge in [0.05, 0.1) is 18.3 Å². The molecule has 0 aliphatic carbocycles. The Bertz CT molecular complexity index is 1140. The highest BCUT2D eigenvalue weighted by Crippen LogP contribution is 2.31. The number of aromatic nitrogens is 3. The van der Waals surface area contributed by atoms with Gasteiger partial charge in [0.25, 0.3) is 0 Å². The summed E-state index contributed by atoms with van der Waals surface area (Å²) in [6.07, 6.45) is 1.79. The summed E-state index contributed by atoms with van der Waals surface area (Å²) in [5.74, 6) is 1.51. The Morgan fingerprint density at radius 3 is 1.94 bits per heavy atom. The fourth-order valence-corrected chi connectivity index (χ4v) is 3.62. The zero-order valence-electron chi connectivity index (χ0n) is 19.3. The van der Waals surface area contributed by atoms with Gasteiger partial charge in [-0.2, -0.15) is 0 Å². The van der Waals surface area contributed by atoms with Gasteiger partial charge in [-0.3, -0.25) is 0 Å². The molecule has 4 aromatic rings. The van der Waals surface area contributed by atoms with Crippen LogP contribution in [-0.4, -0.2) is 44.5 Å². The molecule has 4 rings (SSSR count). The molecule has 0 bridgehead atoms. The van der Waals surface area contributed by atoms with Gasteiger partial charge in [-0.1, -0.05) is 80.1 Å². The highest BCUT2D eigenvalue weighted by atomic mass is 16.5. The van der Waals surface area contributed by atoms with Gasteiger partial charge < -0.3 is 14.9 Å². The summed E-state index contributed by atoms with van der Waals surface area (Å²) in [5, 5.41) is 21.1. The molecule has 174 valence electrons. The first-order valence-corrected chi connectivity index (χ1v) is 11.6. The summed E-state index contributed by atoms with van der Waals surface area (Å²) in [6, 6.07) is 24.7. The van der Waals surface area contributed by atoms with Crippen molar-refractivity contribution in [3.05, 3.63) is 84.4 Å². The third-order valence-electron chi connectivity index (χ3n) is 5.43. The first-order chi connectivity index (χ1) is 16.6. The number of benzene rings is 3. The van der Waals surface area contributed by atoms with Crippen molar-refractivity contribution in [3.63, 3.8) is 0 Å².